The highest BCUT2D eigenvalue weighted by Gasteiger charge is 2.60. The Balaban J connectivity index is 1.92. The first-order chi connectivity index (χ1) is 7.77. The van der Waals surface area contributed by atoms with E-state index in [1.165, 1.54) is 11.1 Å². The third-order valence-corrected chi connectivity index (χ3v) is 3.98. The standard InChI is InChI=1S/C12H10N2O2/c15-11-7-8(12(16)14-11)10-6-4-2-1-3-5(6)9(7)13-10/h1-4,7-10,13H,(H,14,15,16)/t7-,8+,9+,10-. The minimum absolute atomic E-state index is 0.0256. The Hall–Kier alpha value is -1.68. The average Bonchev–Trinajstić information content (AvgIpc) is 2.91. The first-order valence-corrected chi connectivity index (χ1v) is 5.47. The van der Waals surface area contributed by atoms with E-state index in [0.29, 0.717) is 0 Å². The van der Waals surface area contributed by atoms with Crippen molar-refractivity contribution >= 4 is 11.8 Å². The van der Waals surface area contributed by atoms with E-state index < -0.39 is 0 Å². The molecule has 2 N–H and O–H groups in total. The topological polar surface area (TPSA) is 58.2 Å². The average molecular weight is 214 g/mol. The lowest BCUT2D eigenvalue weighted by atomic mass is 9.77. The van der Waals surface area contributed by atoms with Crippen LogP contribution in [-0.2, 0) is 9.59 Å². The molecule has 2 amide bonds. The van der Waals surface area contributed by atoms with Gasteiger partial charge in [-0.25, -0.2) is 0 Å². The molecule has 0 spiro atoms. The number of carbonyl (C=O) groups excluding carboxylic acids is 2. The molecule has 80 valence electrons. The predicted octanol–water partition coefficient (Wildman–Crippen LogP) is 0.274. The number of amides is 2. The summed E-state index contributed by atoms with van der Waals surface area (Å²) in [6.07, 6.45) is 0. The molecule has 0 saturated carbocycles. The summed E-state index contributed by atoms with van der Waals surface area (Å²) in [6, 6.07) is 8.09. The lowest BCUT2D eigenvalue weighted by Gasteiger charge is -2.21. The Morgan fingerprint density at radius 1 is 0.875 bits per heavy atom. The molecule has 2 saturated heterocycles. The summed E-state index contributed by atoms with van der Waals surface area (Å²) in [6.45, 7) is 0. The summed E-state index contributed by atoms with van der Waals surface area (Å²) in [5, 5.41) is 5.81. The summed E-state index contributed by atoms with van der Waals surface area (Å²) in [7, 11) is 0. The zero-order valence-corrected chi connectivity index (χ0v) is 8.44. The molecule has 4 rings (SSSR count). The summed E-state index contributed by atoms with van der Waals surface area (Å²) in [5.41, 5.74) is 2.36. The Kier molecular flexibility index (Phi) is 1.33. The van der Waals surface area contributed by atoms with Gasteiger partial charge in [0.25, 0.3) is 0 Å². The van der Waals surface area contributed by atoms with Crippen LogP contribution in [0.4, 0.5) is 0 Å². The molecule has 4 heteroatoms. The number of fused-ring (bicyclic) bond motifs is 8. The van der Waals surface area contributed by atoms with Crippen LogP contribution in [0, 0.1) is 11.8 Å². The van der Waals surface area contributed by atoms with E-state index in [1.54, 1.807) is 0 Å². The third-order valence-electron chi connectivity index (χ3n) is 3.98. The quantitative estimate of drug-likeness (QED) is 0.610. The van der Waals surface area contributed by atoms with Gasteiger partial charge < -0.3 is 5.32 Å². The van der Waals surface area contributed by atoms with Gasteiger partial charge in [-0.1, -0.05) is 24.3 Å². The van der Waals surface area contributed by atoms with E-state index in [-0.39, 0.29) is 35.7 Å². The van der Waals surface area contributed by atoms with Gasteiger partial charge in [0.1, 0.15) is 0 Å². The van der Waals surface area contributed by atoms with Crippen LogP contribution in [0.3, 0.4) is 0 Å². The molecule has 0 unspecified atom stereocenters. The van der Waals surface area contributed by atoms with E-state index in [4.69, 9.17) is 0 Å². The normalized spacial score (nSPS) is 38.5. The van der Waals surface area contributed by atoms with Crippen molar-refractivity contribution in [2.75, 3.05) is 0 Å². The SMILES string of the molecule is O=C1NC(=O)[C@H]2[C@@H]1[C@H]1N[C@@H]2c2ccccc21. The maximum Gasteiger partial charge on any atom is 0.232 e. The molecule has 0 radical (unpaired) electrons. The largest absolute Gasteiger partial charge is 0.301 e. The van der Waals surface area contributed by atoms with E-state index in [9.17, 15) is 9.59 Å². The molecule has 16 heavy (non-hydrogen) atoms. The van der Waals surface area contributed by atoms with Crippen molar-refractivity contribution in [2.24, 2.45) is 11.8 Å². The molecule has 2 fully saturated rings. The smallest absolute Gasteiger partial charge is 0.232 e. The summed E-state index contributed by atoms with van der Waals surface area (Å²) < 4.78 is 0. The van der Waals surface area contributed by atoms with Gasteiger partial charge in [0.05, 0.1) is 11.8 Å². The van der Waals surface area contributed by atoms with Crippen LogP contribution in [0.2, 0.25) is 0 Å². The molecular formula is C12H10N2O2. The molecule has 1 aromatic carbocycles. The van der Waals surface area contributed by atoms with Crippen LogP contribution in [-0.4, -0.2) is 11.8 Å². The lowest BCUT2D eigenvalue weighted by molar-refractivity contribution is -0.126. The molecule has 4 nitrogen and oxygen atoms in total. The van der Waals surface area contributed by atoms with Crippen LogP contribution in [0.25, 0.3) is 0 Å². The second-order valence-corrected chi connectivity index (χ2v) is 4.66. The van der Waals surface area contributed by atoms with Crippen LogP contribution in [0.5, 0.6) is 0 Å². The second-order valence-electron chi connectivity index (χ2n) is 4.66. The molecule has 1 aromatic rings. The minimum atomic E-state index is -0.201. The monoisotopic (exact) mass is 214 g/mol. The van der Waals surface area contributed by atoms with Crippen molar-refractivity contribution in [1.82, 2.24) is 10.6 Å². The molecule has 0 aromatic heterocycles. The Morgan fingerprint density at radius 3 is 1.88 bits per heavy atom. The molecule has 3 aliphatic rings. The van der Waals surface area contributed by atoms with Gasteiger partial charge in [-0.15, -0.1) is 0 Å². The maximum absolute atomic E-state index is 11.7. The fourth-order valence-electron chi connectivity index (χ4n) is 3.38. The highest BCUT2D eigenvalue weighted by atomic mass is 16.2. The van der Waals surface area contributed by atoms with E-state index in [0.717, 1.165) is 0 Å². The van der Waals surface area contributed by atoms with Crippen LogP contribution in [0.15, 0.2) is 24.3 Å². The zero-order valence-electron chi connectivity index (χ0n) is 8.44. The first kappa shape index (κ1) is 8.47. The van der Waals surface area contributed by atoms with Crippen LogP contribution in [0.1, 0.15) is 23.2 Å². The Morgan fingerprint density at radius 2 is 1.38 bits per heavy atom. The van der Waals surface area contributed by atoms with Gasteiger partial charge in [0.15, 0.2) is 0 Å². The van der Waals surface area contributed by atoms with E-state index in [1.807, 2.05) is 24.3 Å². The Bertz CT molecular complexity index is 481. The zero-order chi connectivity index (χ0) is 10.9. The number of hydrogen-bond donors (Lipinski definition) is 2. The molecule has 0 aliphatic carbocycles. The maximum atomic E-state index is 11.7. The molecule has 3 heterocycles. The van der Waals surface area contributed by atoms with Gasteiger partial charge in [-0.05, 0) is 11.1 Å². The summed E-state index contributed by atoms with van der Waals surface area (Å²) >= 11 is 0. The first-order valence-electron chi connectivity index (χ1n) is 5.47. The molecule has 2 bridgehead atoms. The van der Waals surface area contributed by atoms with Crippen molar-refractivity contribution in [2.45, 2.75) is 12.1 Å². The summed E-state index contributed by atoms with van der Waals surface area (Å²) in [5.74, 6) is -0.645. The highest BCUT2D eigenvalue weighted by Crippen LogP contribution is 2.53. The number of nitrogens with one attached hydrogen (secondary N) is 2. The molecule has 3 aliphatic heterocycles. The van der Waals surface area contributed by atoms with Crippen LogP contribution >= 0.6 is 0 Å². The highest BCUT2D eigenvalue weighted by molar-refractivity contribution is 6.07. The Labute approximate surface area is 92.0 Å². The second kappa shape index (κ2) is 2.52. The predicted molar refractivity (Wildman–Crippen MR) is 55.2 cm³/mol. The van der Waals surface area contributed by atoms with Gasteiger partial charge in [-0.3, -0.25) is 14.9 Å². The molecule has 4 atom stereocenters. The lowest BCUT2D eigenvalue weighted by Crippen LogP contribution is -2.28. The van der Waals surface area contributed by atoms with Crippen molar-refractivity contribution in [3.63, 3.8) is 0 Å². The number of imide groups is 1. The van der Waals surface area contributed by atoms with Crippen LogP contribution < -0.4 is 10.6 Å². The fraction of sp³-hybridized carbons (Fsp3) is 0.333. The van der Waals surface area contributed by atoms with Crippen molar-refractivity contribution < 1.29 is 9.59 Å². The van der Waals surface area contributed by atoms with Gasteiger partial charge in [0.2, 0.25) is 11.8 Å². The fourth-order valence-corrected chi connectivity index (χ4v) is 3.38. The molecular weight excluding hydrogens is 204 g/mol. The summed E-state index contributed by atoms with van der Waals surface area (Å²) in [4.78, 5) is 23.4. The van der Waals surface area contributed by atoms with Crippen molar-refractivity contribution in [3.8, 4) is 0 Å². The van der Waals surface area contributed by atoms with Gasteiger partial charge in [0, 0.05) is 12.1 Å². The van der Waals surface area contributed by atoms with Gasteiger partial charge in [-0.2, -0.15) is 0 Å². The van der Waals surface area contributed by atoms with Crippen molar-refractivity contribution in [1.29, 1.82) is 0 Å². The van der Waals surface area contributed by atoms with Gasteiger partial charge >= 0.3 is 0 Å². The minimum Gasteiger partial charge on any atom is -0.301 e. The van der Waals surface area contributed by atoms with Crippen molar-refractivity contribution in [3.05, 3.63) is 35.4 Å². The number of carbonyl (C=O) groups is 2. The third kappa shape index (κ3) is 0.769. The van der Waals surface area contributed by atoms with E-state index in [2.05, 4.69) is 10.6 Å². The number of benzene rings is 1. The number of hydrogen-bond acceptors (Lipinski definition) is 3. The number of rotatable bonds is 0. The van der Waals surface area contributed by atoms with E-state index >= 15 is 0 Å².